The summed E-state index contributed by atoms with van der Waals surface area (Å²) in [6.07, 6.45) is 3.59. The molecule has 0 saturated carbocycles. The van der Waals surface area contributed by atoms with Crippen molar-refractivity contribution in [3.8, 4) is 0 Å². The van der Waals surface area contributed by atoms with Gasteiger partial charge in [0.25, 0.3) is 0 Å². The van der Waals surface area contributed by atoms with E-state index in [9.17, 15) is 4.79 Å². The molecule has 1 rings (SSSR count). The highest BCUT2D eigenvalue weighted by Gasteiger charge is 2.20. The van der Waals surface area contributed by atoms with Crippen LogP contribution in [0.5, 0.6) is 0 Å². The van der Waals surface area contributed by atoms with Gasteiger partial charge in [0.05, 0.1) is 7.11 Å². The molecule has 1 fully saturated rings. The second kappa shape index (κ2) is 6.08. The van der Waals surface area contributed by atoms with Crippen LogP contribution in [0.15, 0.2) is 0 Å². The van der Waals surface area contributed by atoms with E-state index in [1.165, 1.54) is 20.0 Å². The van der Waals surface area contributed by atoms with Crippen molar-refractivity contribution in [2.75, 3.05) is 13.7 Å². The number of esters is 1. The first-order chi connectivity index (χ1) is 7.13. The Morgan fingerprint density at radius 1 is 1.60 bits per heavy atom. The fourth-order valence-corrected chi connectivity index (χ4v) is 2.12. The molecule has 4 heteroatoms. The van der Waals surface area contributed by atoms with E-state index in [0.29, 0.717) is 12.1 Å². The Bertz CT molecular complexity index is 203. The molecule has 0 amide bonds. The maximum atomic E-state index is 11.2. The summed E-state index contributed by atoms with van der Waals surface area (Å²) < 4.78 is 4.67. The first kappa shape index (κ1) is 12.5. The summed E-state index contributed by atoms with van der Waals surface area (Å²) in [5.74, 6) is -0.193. The molecule has 2 N–H and O–H groups in total. The Hall–Kier alpha value is -0.610. The van der Waals surface area contributed by atoms with Crippen LogP contribution in [0.4, 0.5) is 0 Å². The molecule has 1 aliphatic heterocycles. The Morgan fingerprint density at radius 3 is 2.87 bits per heavy atom. The van der Waals surface area contributed by atoms with Crippen LogP contribution in [0.3, 0.4) is 0 Å². The van der Waals surface area contributed by atoms with Gasteiger partial charge in [0.15, 0.2) is 0 Å². The van der Waals surface area contributed by atoms with Gasteiger partial charge in [-0.05, 0) is 39.7 Å². The van der Waals surface area contributed by atoms with E-state index >= 15 is 0 Å². The predicted molar refractivity (Wildman–Crippen MR) is 59.7 cm³/mol. The van der Waals surface area contributed by atoms with Crippen molar-refractivity contribution in [1.29, 1.82) is 0 Å². The van der Waals surface area contributed by atoms with Gasteiger partial charge in [0.1, 0.15) is 6.04 Å². The quantitative estimate of drug-likeness (QED) is 0.660. The van der Waals surface area contributed by atoms with Crippen molar-refractivity contribution in [3.63, 3.8) is 0 Å². The van der Waals surface area contributed by atoms with Crippen LogP contribution < -0.4 is 10.6 Å². The summed E-state index contributed by atoms with van der Waals surface area (Å²) in [6.45, 7) is 5.08. The summed E-state index contributed by atoms with van der Waals surface area (Å²) in [5, 5.41) is 6.69. The number of carbonyl (C=O) groups excluding carboxylic acids is 1. The standard InChI is InChI=1S/C11H22N2O2/c1-8(7-10-5-4-6-12-10)13-9(2)11(14)15-3/h8-10,12-13H,4-7H2,1-3H3/t8?,9-,10?/m1/s1. The molecule has 0 aliphatic carbocycles. The smallest absolute Gasteiger partial charge is 0.322 e. The van der Waals surface area contributed by atoms with Crippen LogP contribution in [0.1, 0.15) is 33.1 Å². The third-order valence-corrected chi connectivity index (χ3v) is 2.89. The molecule has 15 heavy (non-hydrogen) atoms. The largest absolute Gasteiger partial charge is 0.468 e. The molecule has 0 radical (unpaired) electrons. The normalized spacial score (nSPS) is 24.9. The maximum absolute atomic E-state index is 11.2. The van der Waals surface area contributed by atoms with E-state index in [4.69, 9.17) is 0 Å². The van der Waals surface area contributed by atoms with Crippen molar-refractivity contribution in [2.45, 2.75) is 51.2 Å². The number of methoxy groups -OCH3 is 1. The minimum Gasteiger partial charge on any atom is -0.468 e. The fraction of sp³-hybridized carbons (Fsp3) is 0.909. The first-order valence-corrected chi connectivity index (χ1v) is 5.70. The third-order valence-electron chi connectivity index (χ3n) is 2.89. The van der Waals surface area contributed by atoms with Crippen molar-refractivity contribution >= 4 is 5.97 Å². The van der Waals surface area contributed by atoms with Gasteiger partial charge in [-0.15, -0.1) is 0 Å². The molecule has 1 aliphatic rings. The first-order valence-electron chi connectivity index (χ1n) is 5.70. The highest BCUT2D eigenvalue weighted by Crippen LogP contribution is 2.11. The van der Waals surface area contributed by atoms with Gasteiger partial charge in [-0.1, -0.05) is 0 Å². The summed E-state index contributed by atoms with van der Waals surface area (Å²) in [6, 6.07) is 0.735. The Morgan fingerprint density at radius 2 is 2.33 bits per heavy atom. The van der Waals surface area contributed by atoms with Gasteiger partial charge in [-0.3, -0.25) is 4.79 Å². The minimum atomic E-state index is -0.216. The van der Waals surface area contributed by atoms with Gasteiger partial charge in [0.2, 0.25) is 0 Å². The second-order valence-corrected chi connectivity index (χ2v) is 4.34. The fourth-order valence-electron chi connectivity index (χ4n) is 2.12. The molecule has 0 bridgehead atoms. The van der Waals surface area contributed by atoms with E-state index < -0.39 is 0 Å². The lowest BCUT2D eigenvalue weighted by Crippen LogP contribution is -2.43. The van der Waals surface area contributed by atoms with Crippen LogP contribution in [0.25, 0.3) is 0 Å². The molecule has 1 saturated heterocycles. The van der Waals surface area contributed by atoms with E-state index in [0.717, 1.165) is 13.0 Å². The topological polar surface area (TPSA) is 50.4 Å². The van der Waals surface area contributed by atoms with Gasteiger partial charge in [-0.2, -0.15) is 0 Å². The molecule has 0 aromatic carbocycles. The van der Waals surface area contributed by atoms with E-state index in [1.807, 2.05) is 6.92 Å². The molecule has 0 aromatic heterocycles. The summed E-state index contributed by atoms with van der Waals surface area (Å²) >= 11 is 0. The molecule has 1 heterocycles. The summed E-state index contributed by atoms with van der Waals surface area (Å²) in [4.78, 5) is 11.2. The van der Waals surface area contributed by atoms with Gasteiger partial charge >= 0.3 is 5.97 Å². The molecule has 88 valence electrons. The molecular formula is C11H22N2O2. The SMILES string of the molecule is COC(=O)[C@@H](C)NC(C)CC1CCCN1. The molecule has 4 nitrogen and oxygen atoms in total. The van der Waals surface area contributed by atoms with Gasteiger partial charge < -0.3 is 15.4 Å². The third kappa shape index (κ3) is 4.18. The van der Waals surface area contributed by atoms with Crippen LogP contribution in [-0.2, 0) is 9.53 Å². The molecule has 0 aromatic rings. The highest BCUT2D eigenvalue weighted by atomic mass is 16.5. The van der Waals surface area contributed by atoms with Crippen molar-refractivity contribution in [1.82, 2.24) is 10.6 Å². The number of ether oxygens (including phenoxy) is 1. The van der Waals surface area contributed by atoms with Crippen LogP contribution >= 0.6 is 0 Å². The molecule has 0 spiro atoms. The molecule has 3 atom stereocenters. The lowest BCUT2D eigenvalue weighted by atomic mass is 10.1. The summed E-state index contributed by atoms with van der Waals surface area (Å²) in [5.41, 5.74) is 0. The average molecular weight is 214 g/mol. The Labute approximate surface area is 91.8 Å². The van der Waals surface area contributed by atoms with E-state index in [1.54, 1.807) is 0 Å². The zero-order valence-corrected chi connectivity index (χ0v) is 9.88. The predicted octanol–water partition coefficient (Wildman–Crippen LogP) is 0.668. The number of carbonyl (C=O) groups is 1. The number of rotatable bonds is 5. The number of hydrogen-bond acceptors (Lipinski definition) is 4. The lowest BCUT2D eigenvalue weighted by molar-refractivity contribution is -0.142. The average Bonchev–Trinajstić information content (AvgIpc) is 2.68. The monoisotopic (exact) mass is 214 g/mol. The zero-order chi connectivity index (χ0) is 11.3. The van der Waals surface area contributed by atoms with Crippen LogP contribution in [-0.4, -0.2) is 37.7 Å². The van der Waals surface area contributed by atoms with Gasteiger partial charge in [-0.25, -0.2) is 0 Å². The molecular weight excluding hydrogens is 192 g/mol. The van der Waals surface area contributed by atoms with Crippen LogP contribution in [0.2, 0.25) is 0 Å². The number of hydrogen-bond donors (Lipinski definition) is 2. The van der Waals surface area contributed by atoms with Gasteiger partial charge in [0, 0.05) is 12.1 Å². The minimum absolute atomic E-state index is 0.193. The Kier molecular flexibility index (Phi) is 5.05. The maximum Gasteiger partial charge on any atom is 0.322 e. The highest BCUT2D eigenvalue weighted by molar-refractivity contribution is 5.75. The number of nitrogens with one attached hydrogen (secondary N) is 2. The Balaban J connectivity index is 2.22. The van der Waals surface area contributed by atoms with Crippen molar-refractivity contribution in [2.24, 2.45) is 0 Å². The second-order valence-electron chi connectivity index (χ2n) is 4.34. The van der Waals surface area contributed by atoms with E-state index in [-0.39, 0.29) is 12.0 Å². The van der Waals surface area contributed by atoms with Crippen molar-refractivity contribution < 1.29 is 9.53 Å². The van der Waals surface area contributed by atoms with Crippen molar-refractivity contribution in [3.05, 3.63) is 0 Å². The lowest BCUT2D eigenvalue weighted by Gasteiger charge is -2.21. The summed E-state index contributed by atoms with van der Waals surface area (Å²) in [7, 11) is 1.42. The molecule has 2 unspecified atom stereocenters. The zero-order valence-electron chi connectivity index (χ0n) is 9.88. The van der Waals surface area contributed by atoms with Crippen LogP contribution in [0, 0.1) is 0 Å². The van der Waals surface area contributed by atoms with E-state index in [2.05, 4.69) is 22.3 Å².